The van der Waals surface area contributed by atoms with Crippen LogP contribution in [-0.2, 0) is 4.79 Å². The van der Waals surface area contributed by atoms with Gasteiger partial charge in [-0.2, -0.15) is 0 Å². The second-order valence-electron chi connectivity index (χ2n) is 5.37. The van der Waals surface area contributed by atoms with Crippen molar-refractivity contribution in [3.05, 3.63) is 35.9 Å². The summed E-state index contributed by atoms with van der Waals surface area (Å²) in [5.41, 5.74) is 0.374. The Bertz CT molecular complexity index is 368. The zero-order chi connectivity index (χ0) is 13.1. The molecule has 0 unspecified atom stereocenters. The van der Waals surface area contributed by atoms with Crippen LogP contribution in [0.1, 0.15) is 39.4 Å². The Morgan fingerprint density at radius 2 is 1.76 bits per heavy atom. The van der Waals surface area contributed by atoms with Gasteiger partial charge in [-0.05, 0) is 12.5 Å². The average Bonchev–Trinajstić information content (AvgIpc) is 2.27. The quantitative estimate of drug-likeness (QED) is 0.844. The first-order valence-corrected chi connectivity index (χ1v) is 5.86. The molecule has 2 atom stereocenters. The number of carbonyl (C=O) groups excluding carboxylic acids is 1. The maximum atomic E-state index is 11.8. The maximum absolute atomic E-state index is 11.8. The first-order chi connectivity index (χ1) is 7.82. The molecule has 0 saturated carbocycles. The van der Waals surface area contributed by atoms with Gasteiger partial charge in [0.2, 0.25) is 5.91 Å². The summed E-state index contributed by atoms with van der Waals surface area (Å²) in [5, 5.41) is 12.9. The minimum Gasteiger partial charge on any atom is -0.386 e. The highest BCUT2D eigenvalue weighted by Gasteiger charge is 2.25. The van der Waals surface area contributed by atoms with Crippen molar-refractivity contribution in [3.63, 3.8) is 0 Å². The molecule has 17 heavy (non-hydrogen) atoms. The van der Waals surface area contributed by atoms with Crippen molar-refractivity contribution in [2.24, 2.45) is 5.41 Å². The molecular formula is C14H21NO2. The zero-order valence-electron chi connectivity index (χ0n) is 10.9. The molecule has 1 aromatic carbocycles. The van der Waals surface area contributed by atoms with Gasteiger partial charge in [0.1, 0.15) is 0 Å². The summed E-state index contributed by atoms with van der Waals surface area (Å²) in [5.74, 6) is -0.0556. The number of aliphatic hydroxyl groups is 1. The molecule has 0 saturated heterocycles. The van der Waals surface area contributed by atoms with E-state index in [0.29, 0.717) is 0 Å². The normalized spacial score (nSPS) is 15.1. The number of nitrogens with one attached hydrogen (secondary N) is 1. The Kier molecular flexibility index (Phi) is 4.29. The molecular weight excluding hydrogens is 214 g/mol. The van der Waals surface area contributed by atoms with E-state index in [2.05, 4.69) is 5.32 Å². The van der Waals surface area contributed by atoms with Crippen LogP contribution in [-0.4, -0.2) is 17.1 Å². The minimum atomic E-state index is -0.678. The smallest absolute Gasteiger partial charge is 0.225 e. The number of amides is 1. The second-order valence-corrected chi connectivity index (χ2v) is 5.37. The van der Waals surface area contributed by atoms with Crippen LogP contribution in [0.2, 0.25) is 0 Å². The molecule has 3 heteroatoms. The van der Waals surface area contributed by atoms with Gasteiger partial charge in [0, 0.05) is 5.41 Å². The topological polar surface area (TPSA) is 49.3 Å². The van der Waals surface area contributed by atoms with Crippen molar-refractivity contribution in [3.8, 4) is 0 Å². The number of rotatable bonds is 3. The molecule has 1 amide bonds. The zero-order valence-corrected chi connectivity index (χ0v) is 10.9. The predicted molar refractivity (Wildman–Crippen MR) is 68.5 cm³/mol. The molecule has 0 aliphatic carbocycles. The molecule has 0 aliphatic rings. The summed E-state index contributed by atoms with van der Waals surface area (Å²) in [6, 6.07) is 9.04. The highest BCUT2D eigenvalue weighted by molar-refractivity contribution is 5.81. The summed E-state index contributed by atoms with van der Waals surface area (Å²) in [7, 11) is 0. The molecule has 0 fully saturated rings. The molecule has 1 rings (SSSR count). The number of benzene rings is 1. The summed E-state index contributed by atoms with van der Waals surface area (Å²) in [6.45, 7) is 7.36. The molecule has 0 aliphatic heterocycles. The van der Waals surface area contributed by atoms with E-state index < -0.39 is 11.5 Å². The van der Waals surface area contributed by atoms with Gasteiger partial charge < -0.3 is 10.4 Å². The summed E-state index contributed by atoms with van der Waals surface area (Å²) in [6.07, 6.45) is -0.678. The van der Waals surface area contributed by atoms with Crippen LogP contribution in [0.5, 0.6) is 0 Å². The van der Waals surface area contributed by atoms with Crippen molar-refractivity contribution >= 4 is 5.91 Å². The molecule has 0 bridgehead atoms. The first-order valence-electron chi connectivity index (χ1n) is 5.86. The first kappa shape index (κ1) is 13.7. The fourth-order valence-electron chi connectivity index (χ4n) is 1.44. The molecule has 0 radical (unpaired) electrons. The highest BCUT2D eigenvalue weighted by atomic mass is 16.3. The van der Waals surface area contributed by atoms with E-state index in [1.54, 1.807) is 6.92 Å². The summed E-state index contributed by atoms with van der Waals surface area (Å²) >= 11 is 0. The van der Waals surface area contributed by atoms with E-state index in [0.717, 1.165) is 5.56 Å². The molecule has 0 spiro atoms. The summed E-state index contributed by atoms with van der Waals surface area (Å²) < 4.78 is 0. The lowest BCUT2D eigenvalue weighted by molar-refractivity contribution is -0.130. The van der Waals surface area contributed by atoms with Crippen LogP contribution in [0.15, 0.2) is 30.3 Å². The lowest BCUT2D eigenvalue weighted by atomic mass is 9.94. The molecule has 3 nitrogen and oxygen atoms in total. The number of aliphatic hydroxyl groups excluding tert-OH is 1. The van der Waals surface area contributed by atoms with E-state index in [-0.39, 0.29) is 11.9 Å². The van der Waals surface area contributed by atoms with E-state index >= 15 is 0 Å². The lowest BCUT2D eigenvalue weighted by Gasteiger charge is -2.25. The van der Waals surface area contributed by atoms with Crippen LogP contribution in [0, 0.1) is 5.41 Å². The fourth-order valence-corrected chi connectivity index (χ4v) is 1.44. The third kappa shape index (κ3) is 3.86. The third-order valence-corrected chi connectivity index (χ3v) is 2.65. The van der Waals surface area contributed by atoms with Crippen LogP contribution >= 0.6 is 0 Å². The molecule has 2 N–H and O–H groups in total. The lowest BCUT2D eigenvalue weighted by Crippen LogP contribution is -2.43. The predicted octanol–water partition coefficient (Wildman–Crippen LogP) is 2.27. The van der Waals surface area contributed by atoms with Gasteiger partial charge in [0.15, 0.2) is 0 Å². The van der Waals surface area contributed by atoms with E-state index in [4.69, 9.17) is 0 Å². The van der Waals surface area contributed by atoms with Crippen molar-refractivity contribution in [1.82, 2.24) is 5.32 Å². The van der Waals surface area contributed by atoms with Crippen molar-refractivity contribution < 1.29 is 9.90 Å². The number of hydrogen-bond donors (Lipinski definition) is 2. The monoisotopic (exact) mass is 235 g/mol. The van der Waals surface area contributed by atoms with Crippen LogP contribution in [0.4, 0.5) is 0 Å². The second kappa shape index (κ2) is 5.32. The molecule has 0 aromatic heterocycles. The van der Waals surface area contributed by atoms with Crippen LogP contribution in [0.25, 0.3) is 0 Å². The Hall–Kier alpha value is -1.35. The van der Waals surface area contributed by atoms with Gasteiger partial charge in [-0.3, -0.25) is 4.79 Å². The van der Waals surface area contributed by atoms with E-state index in [1.165, 1.54) is 0 Å². The minimum absolute atomic E-state index is 0.0556. The van der Waals surface area contributed by atoms with Gasteiger partial charge in [0.05, 0.1) is 12.1 Å². The molecule has 1 aromatic rings. The van der Waals surface area contributed by atoms with Gasteiger partial charge in [-0.15, -0.1) is 0 Å². The van der Waals surface area contributed by atoms with Crippen LogP contribution < -0.4 is 5.32 Å². The third-order valence-electron chi connectivity index (χ3n) is 2.65. The van der Waals surface area contributed by atoms with Gasteiger partial charge in [0.25, 0.3) is 0 Å². The Morgan fingerprint density at radius 1 is 1.24 bits per heavy atom. The SMILES string of the molecule is C[C@H](NC(=O)C(C)(C)C)[C@H](O)c1ccccc1. The van der Waals surface area contributed by atoms with Gasteiger partial charge in [-0.1, -0.05) is 51.1 Å². The standard InChI is InChI=1S/C14H21NO2/c1-10(15-13(17)14(2,3)4)12(16)11-8-6-5-7-9-11/h5-10,12,16H,1-4H3,(H,15,17)/t10-,12-/m0/s1. The van der Waals surface area contributed by atoms with Crippen molar-refractivity contribution in [2.75, 3.05) is 0 Å². The molecule has 0 heterocycles. The summed E-state index contributed by atoms with van der Waals surface area (Å²) in [4.78, 5) is 11.8. The molecule has 94 valence electrons. The van der Waals surface area contributed by atoms with Crippen molar-refractivity contribution in [1.29, 1.82) is 0 Å². The van der Waals surface area contributed by atoms with Gasteiger partial charge in [-0.25, -0.2) is 0 Å². The van der Waals surface area contributed by atoms with E-state index in [9.17, 15) is 9.90 Å². The largest absolute Gasteiger partial charge is 0.386 e. The van der Waals surface area contributed by atoms with Crippen molar-refractivity contribution in [2.45, 2.75) is 39.8 Å². The fraction of sp³-hybridized carbons (Fsp3) is 0.500. The van der Waals surface area contributed by atoms with Crippen LogP contribution in [0.3, 0.4) is 0 Å². The Morgan fingerprint density at radius 3 is 2.24 bits per heavy atom. The number of carbonyl (C=O) groups is 1. The van der Waals surface area contributed by atoms with Gasteiger partial charge >= 0.3 is 0 Å². The van der Waals surface area contributed by atoms with E-state index in [1.807, 2.05) is 51.1 Å². The Labute approximate surface area is 103 Å². The average molecular weight is 235 g/mol. The number of hydrogen-bond acceptors (Lipinski definition) is 2. The Balaban J connectivity index is 2.66. The highest BCUT2D eigenvalue weighted by Crippen LogP contribution is 2.18. The maximum Gasteiger partial charge on any atom is 0.225 e.